The number of sulfonamides is 1. The smallest absolute Gasteiger partial charge is 0.309 e. The second-order valence-electron chi connectivity index (χ2n) is 6.33. The van der Waals surface area contributed by atoms with Gasteiger partial charge in [-0.1, -0.05) is 13.8 Å². The molecule has 0 aromatic heterocycles. The van der Waals surface area contributed by atoms with Crippen molar-refractivity contribution in [3.8, 4) is 0 Å². The fraction of sp³-hybridized carbons (Fsp3) is 0.500. The molecule has 1 aromatic rings. The number of hydrogen-bond donors (Lipinski definition) is 2. The van der Waals surface area contributed by atoms with Crippen LogP contribution in [-0.4, -0.2) is 57.0 Å². The first-order valence-corrected chi connectivity index (χ1v) is 9.71. The Morgan fingerprint density at radius 3 is 2.59 bits per heavy atom. The molecule has 1 saturated heterocycles. The van der Waals surface area contributed by atoms with Gasteiger partial charge in [-0.15, -0.1) is 0 Å². The minimum absolute atomic E-state index is 0.0102. The lowest BCUT2D eigenvalue weighted by Gasteiger charge is -2.23. The summed E-state index contributed by atoms with van der Waals surface area (Å²) in [6.45, 7) is 3.63. The largest absolute Gasteiger partial charge is 0.359 e. The number of halogens is 2. The van der Waals surface area contributed by atoms with Gasteiger partial charge in [0.25, 0.3) is 0 Å². The first-order valence-electron chi connectivity index (χ1n) is 8.27. The molecule has 0 aliphatic carbocycles. The van der Waals surface area contributed by atoms with Gasteiger partial charge < -0.3 is 15.4 Å². The molecular formula is C16H21F2N3O5S. The van der Waals surface area contributed by atoms with E-state index >= 15 is 0 Å². The predicted octanol–water partition coefficient (Wildman–Crippen LogP) is 0.200. The van der Waals surface area contributed by atoms with Crippen LogP contribution >= 0.6 is 0 Å². The van der Waals surface area contributed by atoms with E-state index in [2.05, 4.69) is 10.6 Å². The summed E-state index contributed by atoms with van der Waals surface area (Å²) in [7, 11) is -4.39. The number of rotatable bonds is 6. The van der Waals surface area contributed by atoms with Crippen LogP contribution in [0.4, 0.5) is 8.78 Å². The van der Waals surface area contributed by atoms with Crippen LogP contribution in [0.1, 0.15) is 13.8 Å². The molecule has 27 heavy (non-hydrogen) atoms. The Morgan fingerprint density at radius 2 is 1.93 bits per heavy atom. The normalized spacial score (nSPS) is 17.9. The topological polar surface area (TPSA) is 105 Å². The summed E-state index contributed by atoms with van der Waals surface area (Å²) >= 11 is 0. The minimum Gasteiger partial charge on any atom is -0.359 e. The average molecular weight is 405 g/mol. The number of nitrogens with zero attached hydrogens (tertiary/aromatic N) is 1. The second-order valence-corrected chi connectivity index (χ2v) is 8.19. The number of ether oxygens (including phenoxy) is 1. The van der Waals surface area contributed by atoms with E-state index in [1.165, 1.54) is 0 Å². The lowest BCUT2D eigenvalue weighted by molar-refractivity contribution is -0.139. The first kappa shape index (κ1) is 21.2. The molecule has 2 N–H and O–H groups in total. The van der Waals surface area contributed by atoms with Crippen LogP contribution in [-0.2, 0) is 24.3 Å². The highest BCUT2D eigenvalue weighted by molar-refractivity contribution is 7.89. The van der Waals surface area contributed by atoms with Crippen molar-refractivity contribution >= 4 is 21.8 Å². The van der Waals surface area contributed by atoms with Crippen molar-refractivity contribution in [2.24, 2.45) is 5.92 Å². The highest BCUT2D eigenvalue weighted by Gasteiger charge is 2.38. The summed E-state index contributed by atoms with van der Waals surface area (Å²) < 4.78 is 58.5. The zero-order chi connectivity index (χ0) is 20.2. The van der Waals surface area contributed by atoms with E-state index in [1.54, 1.807) is 0 Å². The van der Waals surface area contributed by atoms with E-state index in [4.69, 9.17) is 4.74 Å². The molecule has 1 fully saturated rings. The van der Waals surface area contributed by atoms with Crippen LogP contribution < -0.4 is 10.6 Å². The zero-order valence-corrected chi connectivity index (χ0v) is 15.7. The summed E-state index contributed by atoms with van der Waals surface area (Å²) in [6.07, 6.45) is -1.14. The van der Waals surface area contributed by atoms with Gasteiger partial charge in [-0.2, -0.15) is 4.31 Å². The van der Waals surface area contributed by atoms with Gasteiger partial charge in [-0.05, 0) is 24.1 Å². The molecule has 1 aliphatic rings. The van der Waals surface area contributed by atoms with Crippen molar-refractivity contribution in [3.63, 3.8) is 0 Å². The Balaban J connectivity index is 2.05. The summed E-state index contributed by atoms with van der Waals surface area (Å²) in [4.78, 5) is 22.6. The van der Waals surface area contributed by atoms with E-state index in [0.29, 0.717) is 12.6 Å². The van der Waals surface area contributed by atoms with Crippen LogP contribution in [0.3, 0.4) is 0 Å². The monoisotopic (exact) mass is 405 g/mol. The summed E-state index contributed by atoms with van der Waals surface area (Å²) in [5.74, 6) is -3.64. The molecule has 1 aromatic carbocycles. The number of carbonyl (C=O) groups is 2. The van der Waals surface area contributed by atoms with Crippen molar-refractivity contribution in [1.29, 1.82) is 0 Å². The molecule has 2 amide bonds. The fourth-order valence-corrected chi connectivity index (χ4v) is 3.97. The highest BCUT2D eigenvalue weighted by atomic mass is 32.2. The van der Waals surface area contributed by atoms with Gasteiger partial charge in [-0.3, -0.25) is 9.59 Å². The summed E-state index contributed by atoms with van der Waals surface area (Å²) in [5, 5.41) is 4.70. The Morgan fingerprint density at radius 1 is 1.26 bits per heavy atom. The van der Waals surface area contributed by atoms with Gasteiger partial charge in [0.15, 0.2) is 0 Å². The Labute approximate surface area is 155 Å². The maximum atomic E-state index is 13.9. The molecule has 11 heteroatoms. The van der Waals surface area contributed by atoms with Gasteiger partial charge in [0, 0.05) is 13.1 Å². The lowest BCUT2D eigenvalue weighted by Crippen LogP contribution is -2.47. The number of carbonyl (C=O) groups excluding carboxylic acids is 2. The molecule has 8 nitrogen and oxygen atoms in total. The third kappa shape index (κ3) is 5.21. The van der Waals surface area contributed by atoms with E-state index in [-0.39, 0.29) is 25.6 Å². The second kappa shape index (κ2) is 8.72. The molecule has 150 valence electrons. The first-order chi connectivity index (χ1) is 12.6. The lowest BCUT2D eigenvalue weighted by atomic mass is 10.2. The Kier molecular flexibility index (Phi) is 6.84. The highest BCUT2D eigenvalue weighted by Crippen LogP contribution is 2.24. The Hall–Kier alpha value is -2.11. The average Bonchev–Trinajstić information content (AvgIpc) is 3.08. The van der Waals surface area contributed by atoms with Gasteiger partial charge in [-0.25, -0.2) is 17.2 Å². The summed E-state index contributed by atoms with van der Waals surface area (Å²) in [6, 6.07) is 2.11. The molecule has 1 aliphatic heterocycles. The maximum Gasteiger partial charge on any atom is 0.309 e. The zero-order valence-electron chi connectivity index (χ0n) is 14.9. The molecule has 1 heterocycles. The molecule has 1 atom stereocenters. The van der Waals surface area contributed by atoms with Crippen molar-refractivity contribution in [1.82, 2.24) is 14.9 Å². The van der Waals surface area contributed by atoms with Gasteiger partial charge >= 0.3 is 11.8 Å². The Bertz CT molecular complexity index is 816. The van der Waals surface area contributed by atoms with Crippen LogP contribution in [0.15, 0.2) is 23.1 Å². The minimum atomic E-state index is -4.39. The molecule has 0 bridgehead atoms. The van der Waals surface area contributed by atoms with Gasteiger partial charge in [0.1, 0.15) is 22.8 Å². The van der Waals surface area contributed by atoms with E-state index in [1.807, 2.05) is 13.8 Å². The number of benzene rings is 1. The number of amides is 2. The fourth-order valence-electron chi connectivity index (χ4n) is 2.38. The van der Waals surface area contributed by atoms with E-state index in [9.17, 15) is 26.8 Å². The molecular weight excluding hydrogens is 384 g/mol. The molecule has 0 saturated carbocycles. The SMILES string of the molecule is CC(C)CNC(=O)C(=O)NCC1OCCN1S(=O)(=O)c1cc(F)ccc1F. The quantitative estimate of drug-likeness (QED) is 0.658. The van der Waals surface area contributed by atoms with Crippen molar-refractivity contribution in [2.45, 2.75) is 25.0 Å². The maximum absolute atomic E-state index is 13.9. The molecule has 0 radical (unpaired) electrons. The molecule has 0 spiro atoms. The van der Waals surface area contributed by atoms with E-state index in [0.717, 1.165) is 16.4 Å². The number of hydrogen-bond acceptors (Lipinski definition) is 5. The van der Waals surface area contributed by atoms with Crippen LogP contribution in [0, 0.1) is 17.6 Å². The third-order valence-electron chi connectivity index (χ3n) is 3.74. The molecule has 2 rings (SSSR count). The third-order valence-corrected chi connectivity index (χ3v) is 5.64. The van der Waals surface area contributed by atoms with Crippen LogP contribution in [0.5, 0.6) is 0 Å². The number of nitrogens with one attached hydrogen (secondary N) is 2. The van der Waals surface area contributed by atoms with Crippen LogP contribution in [0.25, 0.3) is 0 Å². The van der Waals surface area contributed by atoms with Crippen molar-refractivity contribution < 1.29 is 31.5 Å². The van der Waals surface area contributed by atoms with Gasteiger partial charge in [0.2, 0.25) is 10.0 Å². The predicted molar refractivity (Wildman–Crippen MR) is 90.8 cm³/mol. The standard InChI is InChI=1S/C16H21F2N3O5S/c1-10(2)8-19-15(22)16(23)20-9-14-21(5-6-26-14)27(24,25)13-7-11(17)3-4-12(13)18/h3-4,7,10,14H,5-6,8-9H2,1-2H3,(H,19,22)(H,20,23). The van der Waals surface area contributed by atoms with E-state index < -0.39 is 44.6 Å². The molecule has 1 unspecified atom stereocenters. The summed E-state index contributed by atoms with van der Waals surface area (Å²) in [5.41, 5.74) is 0. The van der Waals surface area contributed by atoms with Crippen LogP contribution in [0.2, 0.25) is 0 Å². The van der Waals surface area contributed by atoms with Gasteiger partial charge in [0.05, 0.1) is 13.2 Å². The van der Waals surface area contributed by atoms with Crippen molar-refractivity contribution in [2.75, 3.05) is 26.2 Å². The van der Waals surface area contributed by atoms with Crippen molar-refractivity contribution in [3.05, 3.63) is 29.8 Å².